The fourth-order valence-corrected chi connectivity index (χ4v) is 3.77. The quantitative estimate of drug-likeness (QED) is 0.723. The van der Waals surface area contributed by atoms with Crippen molar-refractivity contribution in [2.45, 2.75) is 23.1 Å². The number of ether oxygens (including phenoxy) is 1. The zero-order valence-electron chi connectivity index (χ0n) is 14.2. The van der Waals surface area contributed by atoms with Gasteiger partial charge in [-0.3, -0.25) is 14.4 Å². The van der Waals surface area contributed by atoms with Crippen LogP contribution in [0.4, 0.5) is 5.69 Å². The first-order valence-electron chi connectivity index (χ1n) is 8.25. The fourth-order valence-electron chi connectivity index (χ4n) is 2.47. The second-order valence-corrected chi connectivity index (χ2v) is 7.48. The standard InChI is InChI=1S/C19H17ClN2O4S/c20-13-6-2-1-5-12(13)10-21-17(23)11-26-18(24)9-16-19(25)22-14-7-3-4-8-15(14)27-16/h1-8,16H,9-11H2,(H,21,23)(H,22,25)/t16-/m0/s1. The first kappa shape index (κ1) is 19.3. The molecule has 2 aromatic rings. The van der Waals surface area contributed by atoms with E-state index in [0.29, 0.717) is 5.02 Å². The van der Waals surface area contributed by atoms with Crippen molar-refractivity contribution in [2.75, 3.05) is 11.9 Å². The lowest BCUT2D eigenvalue weighted by Crippen LogP contribution is -2.33. The highest BCUT2D eigenvalue weighted by Gasteiger charge is 2.29. The molecule has 1 heterocycles. The molecule has 0 fully saturated rings. The number of thioether (sulfide) groups is 1. The van der Waals surface area contributed by atoms with Crippen LogP contribution in [-0.4, -0.2) is 29.6 Å². The zero-order valence-corrected chi connectivity index (χ0v) is 15.8. The lowest BCUT2D eigenvalue weighted by Gasteiger charge is -2.23. The first-order valence-corrected chi connectivity index (χ1v) is 9.51. The van der Waals surface area contributed by atoms with Gasteiger partial charge in [0.1, 0.15) is 0 Å². The van der Waals surface area contributed by atoms with Gasteiger partial charge in [0.25, 0.3) is 5.91 Å². The molecule has 2 N–H and O–H groups in total. The molecule has 0 spiro atoms. The van der Waals surface area contributed by atoms with Crippen LogP contribution in [0.25, 0.3) is 0 Å². The number of anilines is 1. The summed E-state index contributed by atoms with van der Waals surface area (Å²) < 4.78 is 4.98. The number of halogens is 1. The maximum Gasteiger partial charge on any atom is 0.307 e. The van der Waals surface area contributed by atoms with Crippen LogP contribution < -0.4 is 10.6 Å². The van der Waals surface area contributed by atoms with E-state index < -0.39 is 23.7 Å². The van der Waals surface area contributed by atoms with E-state index in [0.717, 1.165) is 16.1 Å². The molecule has 3 rings (SSSR count). The van der Waals surface area contributed by atoms with Crippen molar-refractivity contribution in [3.63, 3.8) is 0 Å². The average molecular weight is 405 g/mol. The van der Waals surface area contributed by atoms with Gasteiger partial charge in [0.05, 0.1) is 17.4 Å². The van der Waals surface area contributed by atoms with Crippen molar-refractivity contribution >= 4 is 46.8 Å². The minimum Gasteiger partial charge on any atom is -0.456 e. The number of nitrogens with one attached hydrogen (secondary N) is 2. The Hall–Kier alpha value is -2.51. The second kappa shape index (κ2) is 8.92. The van der Waals surface area contributed by atoms with Crippen LogP contribution in [0, 0.1) is 0 Å². The van der Waals surface area contributed by atoms with Gasteiger partial charge in [0.2, 0.25) is 5.91 Å². The molecule has 140 valence electrons. The Bertz CT molecular complexity index is 874. The number of para-hydroxylation sites is 1. The fraction of sp³-hybridized carbons (Fsp3) is 0.211. The van der Waals surface area contributed by atoms with Crippen molar-refractivity contribution in [1.82, 2.24) is 5.32 Å². The molecule has 0 saturated heterocycles. The Labute approximate surface area is 165 Å². The zero-order chi connectivity index (χ0) is 19.2. The number of esters is 1. The summed E-state index contributed by atoms with van der Waals surface area (Å²) in [6.45, 7) is -0.160. The number of fused-ring (bicyclic) bond motifs is 1. The molecule has 0 aromatic heterocycles. The van der Waals surface area contributed by atoms with Crippen molar-refractivity contribution in [3.05, 3.63) is 59.1 Å². The molecule has 6 nitrogen and oxygen atoms in total. The highest BCUT2D eigenvalue weighted by Crippen LogP contribution is 2.36. The van der Waals surface area contributed by atoms with Gasteiger partial charge in [-0.25, -0.2) is 0 Å². The Kier molecular flexibility index (Phi) is 6.36. The molecule has 0 aliphatic carbocycles. The van der Waals surface area contributed by atoms with E-state index in [4.69, 9.17) is 16.3 Å². The predicted molar refractivity (Wildman–Crippen MR) is 104 cm³/mol. The third-order valence-electron chi connectivity index (χ3n) is 3.86. The molecule has 27 heavy (non-hydrogen) atoms. The smallest absolute Gasteiger partial charge is 0.307 e. The molecule has 8 heteroatoms. The van der Waals surface area contributed by atoms with Gasteiger partial charge < -0.3 is 15.4 Å². The van der Waals surface area contributed by atoms with Gasteiger partial charge in [-0.2, -0.15) is 0 Å². The third-order valence-corrected chi connectivity index (χ3v) is 5.50. The van der Waals surface area contributed by atoms with Crippen LogP contribution in [0.2, 0.25) is 5.02 Å². The Morgan fingerprint density at radius 1 is 1.15 bits per heavy atom. The number of hydrogen-bond acceptors (Lipinski definition) is 5. The van der Waals surface area contributed by atoms with Gasteiger partial charge in [-0.1, -0.05) is 41.9 Å². The Morgan fingerprint density at radius 2 is 1.89 bits per heavy atom. The first-order chi connectivity index (χ1) is 13.0. The summed E-state index contributed by atoms with van der Waals surface area (Å²) in [6.07, 6.45) is -0.109. The molecule has 0 saturated carbocycles. The van der Waals surface area contributed by atoms with Crippen molar-refractivity contribution < 1.29 is 19.1 Å². The highest BCUT2D eigenvalue weighted by molar-refractivity contribution is 8.01. The van der Waals surface area contributed by atoms with Crippen LogP contribution in [0.3, 0.4) is 0 Å². The van der Waals surface area contributed by atoms with Crippen LogP contribution >= 0.6 is 23.4 Å². The number of rotatable bonds is 6. The van der Waals surface area contributed by atoms with E-state index in [9.17, 15) is 14.4 Å². The van der Waals surface area contributed by atoms with E-state index in [1.165, 1.54) is 11.8 Å². The van der Waals surface area contributed by atoms with Gasteiger partial charge in [-0.15, -0.1) is 11.8 Å². The number of hydrogen-bond donors (Lipinski definition) is 2. The largest absolute Gasteiger partial charge is 0.456 e. The summed E-state index contributed by atoms with van der Waals surface area (Å²) in [6, 6.07) is 14.5. The Morgan fingerprint density at radius 3 is 2.70 bits per heavy atom. The van der Waals surface area contributed by atoms with Crippen molar-refractivity contribution in [3.8, 4) is 0 Å². The van der Waals surface area contributed by atoms with Gasteiger partial charge in [-0.05, 0) is 23.8 Å². The highest BCUT2D eigenvalue weighted by atomic mass is 35.5. The lowest BCUT2D eigenvalue weighted by atomic mass is 10.2. The second-order valence-electron chi connectivity index (χ2n) is 5.82. The van der Waals surface area contributed by atoms with Gasteiger partial charge in [0.15, 0.2) is 6.61 Å². The average Bonchev–Trinajstić information content (AvgIpc) is 2.66. The molecule has 2 aromatic carbocycles. The van der Waals surface area contributed by atoms with Crippen molar-refractivity contribution in [2.24, 2.45) is 0 Å². The maximum absolute atomic E-state index is 12.1. The number of benzene rings is 2. The lowest BCUT2D eigenvalue weighted by molar-refractivity contribution is -0.149. The van der Waals surface area contributed by atoms with Gasteiger partial charge >= 0.3 is 5.97 Å². The molecule has 0 bridgehead atoms. The molecular formula is C19H17ClN2O4S. The number of amides is 2. The molecule has 2 amide bonds. The summed E-state index contributed by atoms with van der Waals surface area (Å²) in [5, 5.41) is 5.37. The van der Waals surface area contributed by atoms with Crippen LogP contribution in [-0.2, 0) is 25.7 Å². The van der Waals surface area contributed by atoms with Crippen LogP contribution in [0.15, 0.2) is 53.4 Å². The number of carbonyl (C=O) groups excluding carboxylic acids is 3. The molecule has 0 unspecified atom stereocenters. The van der Waals surface area contributed by atoms with E-state index in [1.54, 1.807) is 24.3 Å². The summed E-state index contributed by atoms with van der Waals surface area (Å²) in [7, 11) is 0. The summed E-state index contributed by atoms with van der Waals surface area (Å²) in [4.78, 5) is 36.8. The van der Waals surface area contributed by atoms with Crippen LogP contribution in [0.1, 0.15) is 12.0 Å². The minimum absolute atomic E-state index is 0.109. The molecule has 1 atom stereocenters. The Balaban J connectivity index is 1.44. The van der Waals surface area contributed by atoms with Crippen LogP contribution in [0.5, 0.6) is 0 Å². The third kappa shape index (κ3) is 5.24. The summed E-state index contributed by atoms with van der Waals surface area (Å²) in [5.41, 5.74) is 1.50. The van der Waals surface area contributed by atoms with E-state index in [-0.39, 0.29) is 18.9 Å². The monoisotopic (exact) mass is 404 g/mol. The topological polar surface area (TPSA) is 84.5 Å². The molecular weight excluding hydrogens is 388 g/mol. The molecule has 1 aliphatic rings. The van der Waals surface area contributed by atoms with E-state index in [1.807, 2.05) is 24.3 Å². The van der Waals surface area contributed by atoms with Crippen molar-refractivity contribution in [1.29, 1.82) is 0 Å². The van der Waals surface area contributed by atoms with E-state index in [2.05, 4.69) is 10.6 Å². The van der Waals surface area contributed by atoms with Gasteiger partial charge in [0, 0.05) is 16.5 Å². The molecule has 0 radical (unpaired) electrons. The normalized spacial score (nSPS) is 15.4. The minimum atomic E-state index is -0.602. The summed E-state index contributed by atoms with van der Waals surface area (Å²) >= 11 is 7.33. The summed E-state index contributed by atoms with van der Waals surface area (Å²) in [5.74, 6) is -1.29. The maximum atomic E-state index is 12.1. The number of carbonyl (C=O) groups is 3. The SMILES string of the molecule is O=C(COC(=O)C[C@@H]1Sc2ccccc2NC1=O)NCc1ccccc1Cl. The van der Waals surface area contributed by atoms with E-state index >= 15 is 0 Å². The molecule has 1 aliphatic heterocycles. The predicted octanol–water partition coefficient (Wildman–Crippen LogP) is 3.00.